The summed E-state index contributed by atoms with van der Waals surface area (Å²) < 4.78 is 61.5. The SMILES string of the molecule is O=C(NC1(c2ccc(OC(F)(F)F)c(F)c2)CCOc2cccnc21)c1ccccn1. The average Bonchev–Trinajstić information content (AvgIpc) is 2.75. The van der Waals surface area contributed by atoms with Crippen molar-refractivity contribution in [2.45, 2.75) is 18.3 Å². The van der Waals surface area contributed by atoms with Gasteiger partial charge in [0.25, 0.3) is 5.91 Å². The van der Waals surface area contributed by atoms with Crippen LogP contribution in [0.25, 0.3) is 0 Å². The van der Waals surface area contributed by atoms with E-state index in [0.29, 0.717) is 11.4 Å². The van der Waals surface area contributed by atoms with Gasteiger partial charge < -0.3 is 14.8 Å². The van der Waals surface area contributed by atoms with E-state index in [9.17, 15) is 22.4 Å². The Bertz CT molecular complexity index is 1110. The second-order valence-electron chi connectivity index (χ2n) is 6.72. The van der Waals surface area contributed by atoms with Gasteiger partial charge in [-0.25, -0.2) is 4.39 Å². The summed E-state index contributed by atoms with van der Waals surface area (Å²) >= 11 is 0. The summed E-state index contributed by atoms with van der Waals surface area (Å²) in [5.74, 6) is -2.40. The Morgan fingerprint density at radius 1 is 1.10 bits per heavy atom. The summed E-state index contributed by atoms with van der Waals surface area (Å²) in [5, 5.41) is 2.84. The Hall–Kier alpha value is -3.69. The van der Waals surface area contributed by atoms with Crippen molar-refractivity contribution >= 4 is 5.91 Å². The molecule has 0 saturated carbocycles. The van der Waals surface area contributed by atoms with E-state index in [2.05, 4.69) is 20.0 Å². The number of amides is 1. The average molecular weight is 433 g/mol. The third-order valence-electron chi connectivity index (χ3n) is 4.78. The fraction of sp³-hybridized carbons (Fsp3) is 0.190. The normalized spacial score (nSPS) is 17.9. The molecule has 2 aromatic heterocycles. The lowest BCUT2D eigenvalue weighted by molar-refractivity contribution is -0.275. The molecule has 160 valence electrons. The molecule has 0 bridgehead atoms. The predicted molar refractivity (Wildman–Crippen MR) is 99.9 cm³/mol. The van der Waals surface area contributed by atoms with E-state index in [-0.39, 0.29) is 24.3 Å². The smallest absolute Gasteiger partial charge is 0.491 e. The van der Waals surface area contributed by atoms with Crippen LogP contribution in [0.1, 0.15) is 28.2 Å². The molecule has 0 spiro atoms. The highest BCUT2D eigenvalue weighted by atomic mass is 19.4. The molecule has 1 aliphatic heterocycles. The van der Waals surface area contributed by atoms with Crippen molar-refractivity contribution in [3.05, 3.63) is 83.7 Å². The Labute approximate surface area is 173 Å². The summed E-state index contributed by atoms with van der Waals surface area (Å²) in [4.78, 5) is 21.3. The molecule has 1 aromatic carbocycles. The molecule has 6 nitrogen and oxygen atoms in total. The summed E-state index contributed by atoms with van der Waals surface area (Å²) in [6.45, 7) is 0.156. The molecular formula is C21H15F4N3O3. The van der Waals surface area contributed by atoms with Gasteiger partial charge in [0.1, 0.15) is 22.7 Å². The fourth-order valence-electron chi connectivity index (χ4n) is 3.46. The van der Waals surface area contributed by atoms with Crippen LogP contribution in [0.2, 0.25) is 0 Å². The van der Waals surface area contributed by atoms with Gasteiger partial charge in [-0.05, 0) is 42.0 Å². The lowest BCUT2D eigenvalue weighted by atomic mass is 9.81. The first-order valence-electron chi connectivity index (χ1n) is 9.16. The second-order valence-corrected chi connectivity index (χ2v) is 6.72. The molecular weight excluding hydrogens is 418 g/mol. The zero-order valence-electron chi connectivity index (χ0n) is 15.8. The first kappa shape index (κ1) is 20.6. The zero-order chi connectivity index (χ0) is 22.1. The second kappa shape index (κ2) is 7.86. The van der Waals surface area contributed by atoms with Gasteiger partial charge in [0.05, 0.1) is 6.61 Å². The van der Waals surface area contributed by atoms with Crippen molar-refractivity contribution in [2.24, 2.45) is 0 Å². The van der Waals surface area contributed by atoms with E-state index in [1.165, 1.54) is 24.5 Å². The number of nitrogens with one attached hydrogen (secondary N) is 1. The molecule has 3 aromatic rings. The van der Waals surface area contributed by atoms with Crippen LogP contribution in [0.5, 0.6) is 11.5 Å². The summed E-state index contributed by atoms with van der Waals surface area (Å²) in [6.07, 6.45) is -1.96. The highest BCUT2D eigenvalue weighted by Crippen LogP contribution is 2.42. The van der Waals surface area contributed by atoms with Gasteiger partial charge in [0.2, 0.25) is 0 Å². The topological polar surface area (TPSA) is 73.3 Å². The number of hydrogen-bond acceptors (Lipinski definition) is 5. The maximum atomic E-state index is 14.5. The van der Waals surface area contributed by atoms with E-state index < -0.39 is 29.4 Å². The van der Waals surface area contributed by atoms with Crippen LogP contribution < -0.4 is 14.8 Å². The van der Waals surface area contributed by atoms with Gasteiger partial charge in [0, 0.05) is 18.8 Å². The van der Waals surface area contributed by atoms with Crippen LogP contribution in [0.4, 0.5) is 17.6 Å². The lowest BCUT2D eigenvalue weighted by Gasteiger charge is -2.39. The largest absolute Gasteiger partial charge is 0.573 e. The molecule has 1 aliphatic rings. The number of hydrogen-bond donors (Lipinski definition) is 1. The molecule has 0 saturated heterocycles. The first-order valence-corrected chi connectivity index (χ1v) is 9.16. The highest BCUT2D eigenvalue weighted by Gasteiger charge is 2.43. The molecule has 0 aliphatic carbocycles. The lowest BCUT2D eigenvalue weighted by Crippen LogP contribution is -2.50. The number of carbonyl (C=O) groups excluding carboxylic acids is 1. The van der Waals surface area contributed by atoms with Crippen molar-refractivity contribution in [1.29, 1.82) is 0 Å². The van der Waals surface area contributed by atoms with Crippen molar-refractivity contribution in [3.8, 4) is 11.5 Å². The van der Waals surface area contributed by atoms with Gasteiger partial charge in [-0.1, -0.05) is 12.1 Å². The molecule has 1 N–H and O–H groups in total. The van der Waals surface area contributed by atoms with Crippen molar-refractivity contribution in [2.75, 3.05) is 6.61 Å². The number of alkyl halides is 3. The Kier molecular flexibility index (Phi) is 5.22. The number of benzene rings is 1. The van der Waals surface area contributed by atoms with Crippen LogP contribution in [0, 0.1) is 5.82 Å². The van der Waals surface area contributed by atoms with Gasteiger partial charge in [0.15, 0.2) is 11.6 Å². The third-order valence-corrected chi connectivity index (χ3v) is 4.78. The van der Waals surface area contributed by atoms with Crippen LogP contribution in [0.3, 0.4) is 0 Å². The number of aromatic nitrogens is 2. The molecule has 1 unspecified atom stereocenters. The first-order chi connectivity index (χ1) is 14.8. The zero-order valence-corrected chi connectivity index (χ0v) is 15.8. The number of pyridine rings is 2. The summed E-state index contributed by atoms with van der Waals surface area (Å²) in [6, 6.07) is 11.1. The number of ether oxygens (including phenoxy) is 2. The molecule has 31 heavy (non-hydrogen) atoms. The fourth-order valence-corrected chi connectivity index (χ4v) is 3.46. The van der Waals surface area contributed by atoms with Crippen molar-refractivity contribution in [1.82, 2.24) is 15.3 Å². The number of carbonyl (C=O) groups is 1. The van der Waals surface area contributed by atoms with Crippen molar-refractivity contribution < 1.29 is 31.8 Å². The quantitative estimate of drug-likeness (QED) is 0.631. The highest BCUT2D eigenvalue weighted by molar-refractivity contribution is 5.93. The van der Waals surface area contributed by atoms with E-state index in [0.717, 1.165) is 12.1 Å². The minimum Gasteiger partial charge on any atom is -0.491 e. The minimum atomic E-state index is -5.04. The molecule has 1 atom stereocenters. The Balaban J connectivity index is 1.81. The van der Waals surface area contributed by atoms with E-state index in [1.807, 2.05) is 0 Å². The number of nitrogens with zero attached hydrogens (tertiary/aromatic N) is 2. The van der Waals surface area contributed by atoms with Crippen LogP contribution >= 0.6 is 0 Å². The predicted octanol–water partition coefficient (Wildman–Crippen LogP) is 3.97. The maximum absolute atomic E-state index is 14.5. The molecule has 3 heterocycles. The van der Waals surface area contributed by atoms with E-state index in [4.69, 9.17) is 4.74 Å². The van der Waals surface area contributed by atoms with E-state index >= 15 is 0 Å². The van der Waals surface area contributed by atoms with Gasteiger partial charge in [-0.15, -0.1) is 13.2 Å². The van der Waals surface area contributed by atoms with Crippen LogP contribution in [-0.2, 0) is 5.54 Å². The monoisotopic (exact) mass is 433 g/mol. The van der Waals surface area contributed by atoms with Gasteiger partial charge >= 0.3 is 6.36 Å². The van der Waals surface area contributed by atoms with Gasteiger partial charge in [-0.2, -0.15) is 0 Å². The number of rotatable bonds is 4. The Morgan fingerprint density at radius 2 is 1.90 bits per heavy atom. The Morgan fingerprint density at radius 3 is 2.61 bits per heavy atom. The molecule has 0 fully saturated rings. The standard InChI is InChI=1S/C21H15F4N3O3/c22-14-12-13(6-7-16(14)31-21(23,24)25)20(28-19(29)15-4-1-2-9-26-15)8-11-30-17-5-3-10-27-18(17)20/h1-7,9-10,12H,8,11H2,(H,28,29). The molecule has 10 heteroatoms. The van der Waals surface area contributed by atoms with Crippen LogP contribution in [0.15, 0.2) is 60.9 Å². The number of halogens is 4. The van der Waals surface area contributed by atoms with Crippen LogP contribution in [-0.4, -0.2) is 28.8 Å². The number of fused-ring (bicyclic) bond motifs is 1. The maximum Gasteiger partial charge on any atom is 0.573 e. The molecule has 1 amide bonds. The minimum absolute atomic E-state index is 0.114. The molecule has 4 rings (SSSR count). The van der Waals surface area contributed by atoms with Crippen molar-refractivity contribution in [3.63, 3.8) is 0 Å². The molecule has 0 radical (unpaired) electrons. The third kappa shape index (κ3) is 4.14. The summed E-state index contributed by atoms with van der Waals surface area (Å²) in [5.41, 5.74) is -0.758. The van der Waals surface area contributed by atoms with Gasteiger partial charge in [-0.3, -0.25) is 14.8 Å². The van der Waals surface area contributed by atoms with E-state index in [1.54, 1.807) is 24.3 Å². The summed E-state index contributed by atoms with van der Waals surface area (Å²) in [7, 11) is 0.